The van der Waals surface area contributed by atoms with Crippen molar-refractivity contribution in [1.29, 1.82) is 0 Å². The molecule has 0 aromatic heterocycles. The summed E-state index contributed by atoms with van der Waals surface area (Å²) in [5.74, 6) is -0.907. The third-order valence-electron chi connectivity index (χ3n) is 12.6. The van der Waals surface area contributed by atoms with Gasteiger partial charge in [-0.25, -0.2) is 0 Å². The van der Waals surface area contributed by atoms with Gasteiger partial charge in [-0.2, -0.15) is 0 Å². The molecule has 0 heterocycles. The summed E-state index contributed by atoms with van der Waals surface area (Å²) in [6.07, 6.45) is 75.8. The Labute approximate surface area is 433 Å². The Morgan fingerprint density at radius 1 is 0.300 bits per heavy atom. The van der Waals surface area contributed by atoms with E-state index in [1.165, 1.54) is 128 Å². The van der Waals surface area contributed by atoms with Crippen molar-refractivity contribution in [1.82, 2.24) is 0 Å². The normalized spacial score (nSPS) is 12.7. The van der Waals surface area contributed by atoms with E-state index in [2.05, 4.69) is 106 Å². The number of esters is 3. The zero-order valence-corrected chi connectivity index (χ0v) is 46.0. The molecule has 0 fully saturated rings. The number of hydrogen-bond acceptors (Lipinski definition) is 6. The topological polar surface area (TPSA) is 78.9 Å². The summed E-state index contributed by atoms with van der Waals surface area (Å²) in [5, 5.41) is 0. The number of unbranched alkanes of at least 4 members (excludes halogenated alkanes) is 28. The molecule has 0 saturated carbocycles. The second-order valence-electron chi connectivity index (χ2n) is 19.5. The van der Waals surface area contributed by atoms with Crippen LogP contribution in [0, 0.1) is 0 Å². The highest BCUT2D eigenvalue weighted by atomic mass is 16.6. The van der Waals surface area contributed by atoms with Gasteiger partial charge < -0.3 is 14.2 Å². The van der Waals surface area contributed by atoms with Gasteiger partial charge in [0.05, 0.1) is 0 Å². The molecule has 0 saturated heterocycles. The maximum atomic E-state index is 12.9. The van der Waals surface area contributed by atoms with Crippen molar-refractivity contribution < 1.29 is 28.6 Å². The van der Waals surface area contributed by atoms with E-state index in [0.717, 1.165) is 116 Å². The zero-order valence-electron chi connectivity index (χ0n) is 46.0. The van der Waals surface area contributed by atoms with Crippen LogP contribution in [0.25, 0.3) is 0 Å². The van der Waals surface area contributed by atoms with Crippen molar-refractivity contribution in [2.45, 2.75) is 290 Å². The van der Waals surface area contributed by atoms with Crippen molar-refractivity contribution in [3.63, 3.8) is 0 Å². The van der Waals surface area contributed by atoms with Gasteiger partial charge in [-0.15, -0.1) is 0 Å². The maximum absolute atomic E-state index is 12.9. The molecule has 0 spiro atoms. The Bertz CT molecular complexity index is 1350. The molecule has 0 aromatic carbocycles. The van der Waals surface area contributed by atoms with Crippen LogP contribution >= 0.6 is 0 Å². The van der Waals surface area contributed by atoms with Gasteiger partial charge in [0, 0.05) is 19.3 Å². The van der Waals surface area contributed by atoms with E-state index >= 15 is 0 Å². The standard InChI is InChI=1S/C64H110O6/c1-4-7-10-13-16-19-22-24-26-28-30-31-32-33-35-36-38-40-42-45-48-51-54-57-63(66)69-60-61(59-68-62(65)56-53-50-47-44-21-18-15-12-9-6-3)70-64(67)58-55-52-49-46-43-41-39-37-34-29-27-25-23-20-17-14-11-8-5-2/h8,11-12,15,17,20,22,24-25,27-28,30,34,37,61H,4-7,9-10,13-14,16,18-19,21,23,26,29,31-33,35-36,38-60H2,1-3H3/b11-8-,15-12-,20-17-,24-22-,27-25-,30-28-,37-34-. The number of ether oxygens (including phenoxy) is 3. The summed E-state index contributed by atoms with van der Waals surface area (Å²) < 4.78 is 16.8. The molecule has 0 radical (unpaired) electrons. The van der Waals surface area contributed by atoms with E-state index < -0.39 is 6.10 Å². The molecule has 6 heteroatoms. The largest absolute Gasteiger partial charge is 0.462 e. The Morgan fingerprint density at radius 3 is 0.943 bits per heavy atom. The highest BCUT2D eigenvalue weighted by Crippen LogP contribution is 2.15. The van der Waals surface area contributed by atoms with Crippen molar-refractivity contribution in [2.24, 2.45) is 0 Å². The average Bonchev–Trinajstić information content (AvgIpc) is 3.36. The van der Waals surface area contributed by atoms with Crippen molar-refractivity contribution in [2.75, 3.05) is 13.2 Å². The third kappa shape index (κ3) is 55.5. The Morgan fingerprint density at radius 2 is 0.586 bits per heavy atom. The lowest BCUT2D eigenvalue weighted by atomic mass is 10.0. The minimum atomic E-state index is -0.789. The van der Waals surface area contributed by atoms with E-state index in [1.807, 2.05) is 0 Å². The van der Waals surface area contributed by atoms with Crippen LogP contribution in [0.2, 0.25) is 0 Å². The first-order valence-electron chi connectivity index (χ1n) is 29.6. The van der Waals surface area contributed by atoms with Gasteiger partial charge in [0.1, 0.15) is 13.2 Å². The SMILES string of the molecule is CC/C=C\C/C=C\C/C=C\C/C=C\CCCCCCCCC(=O)OC(COC(=O)CCCCCCC/C=C\CCC)COC(=O)CCCCCCCCCCCCC/C=C\C/C=C\CCCCCCC. The molecule has 0 bridgehead atoms. The number of allylic oxidation sites excluding steroid dienone is 14. The van der Waals surface area contributed by atoms with Gasteiger partial charge in [0.25, 0.3) is 0 Å². The highest BCUT2D eigenvalue weighted by Gasteiger charge is 2.19. The van der Waals surface area contributed by atoms with Gasteiger partial charge in [0.2, 0.25) is 0 Å². The number of carbonyl (C=O) groups excluding carboxylic acids is 3. The number of carbonyl (C=O) groups is 3. The van der Waals surface area contributed by atoms with Gasteiger partial charge in [-0.1, -0.05) is 241 Å². The van der Waals surface area contributed by atoms with E-state index in [1.54, 1.807) is 0 Å². The predicted molar refractivity (Wildman–Crippen MR) is 302 cm³/mol. The molecular weight excluding hydrogens is 865 g/mol. The fraction of sp³-hybridized carbons (Fsp3) is 0.734. The van der Waals surface area contributed by atoms with Crippen LogP contribution in [0.3, 0.4) is 0 Å². The average molecular weight is 976 g/mol. The first-order valence-corrected chi connectivity index (χ1v) is 29.6. The van der Waals surface area contributed by atoms with Crippen molar-refractivity contribution in [3.05, 3.63) is 85.1 Å². The fourth-order valence-electron chi connectivity index (χ4n) is 8.17. The molecule has 1 unspecified atom stereocenters. The Hall–Kier alpha value is -3.41. The molecular formula is C64H110O6. The molecule has 70 heavy (non-hydrogen) atoms. The molecule has 1 atom stereocenters. The Kier molecular flexibility index (Phi) is 55.3. The van der Waals surface area contributed by atoms with Gasteiger partial charge in [0.15, 0.2) is 6.10 Å². The monoisotopic (exact) mass is 975 g/mol. The van der Waals surface area contributed by atoms with Crippen molar-refractivity contribution >= 4 is 17.9 Å². The van der Waals surface area contributed by atoms with Crippen LogP contribution in [0.4, 0.5) is 0 Å². The van der Waals surface area contributed by atoms with E-state index in [-0.39, 0.29) is 31.1 Å². The molecule has 0 aliphatic heterocycles. The highest BCUT2D eigenvalue weighted by molar-refractivity contribution is 5.71. The minimum Gasteiger partial charge on any atom is -0.462 e. The lowest BCUT2D eigenvalue weighted by molar-refractivity contribution is -0.167. The first kappa shape index (κ1) is 66.6. The smallest absolute Gasteiger partial charge is 0.306 e. The summed E-state index contributed by atoms with van der Waals surface area (Å²) in [4.78, 5) is 38.1. The number of rotatable bonds is 53. The van der Waals surface area contributed by atoms with Gasteiger partial charge in [-0.05, 0) is 109 Å². The van der Waals surface area contributed by atoms with Crippen molar-refractivity contribution in [3.8, 4) is 0 Å². The van der Waals surface area contributed by atoms with Crippen LogP contribution in [0.15, 0.2) is 85.1 Å². The molecule has 0 aliphatic rings. The van der Waals surface area contributed by atoms with Crippen LogP contribution in [0.1, 0.15) is 284 Å². The minimum absolute atomic E-state index is 0.0858. The van der Waals surface area contributed by atoms with Crippen LogP contribution in [-0.4, -0.2) is 37.2 Å². The first-order chi connectivity index (χ1) is 34.5. The van der Waals surface area contributed by atoms with Gasteiger partial charge in [-0.3, -0.25) is 14.4 Å². The second kappa shape index (κ2) is 58.2. The zero-order chi connectivity index (χ0) is 50.7. The molecule has 0 amide bonds. The number of hydrogen-bond donors (Lipinski definition) is 0. The van der Waals surface area contributed by atoms with Crippen LogP contribution in [-0.2, 0) is 28.6 Å². The summed E-state index contributed by atoms with van der Waals surface area (Å²) >= 11 is 0. The lowest BCUT2D eigenvalue weighted by Gasteiger charge is -2.18. The quantitative estimate of drug-likeness (QED) is 0.0261. The predicted octanol–water partition coefficient (Wildman–Crippen LogP) is 19.9. The summed E-state index contributed by atoms with van der Waals surface area (Å²) in [7, 11) is 0. The molecule has 402 valence electrons. The molecule has 6 nitrogen and oxygen atoms in total. The third-order valence-corrected chi connectivity index (χ3v) is 12.6. The molecule has 0 N–H and O–H groups in total. The Balaban J connectivity index is 4.30. The van der Waals surface area contributed by atoms with E-state index in [9.17, 15) is 14.4 Å². The summed E-state index contributed by atoms with van der Waals surface area (Å²) in [5.41, 5.74) is 0. The molecule has 0 aliphatic carbocycles. The fourth-order valence-corrected chi connectivity index (χ4v) is 8.17. The molecule has 0 rings (SSSR count). The van der Waals surface area contributed by atoms with Gasteiger partial charge >= 0.3 is 17.9 Å². The van der Waals surface area contributed by atoms with Crippen LogP contribution in [0.5, 0.6) is 0 Å². The second-order valence-corrected chi connectivity index (χ2v) is 19.5. The lowest BCUT2D eigenvalue weighted by Crippen LogP contribution is -2.30. The summed E-state index contributed by atoms with van der Waals surface area (Å²) in [6.45, 7) is 6.45. The molecule has 0 aromatic rings. The van der Waals surface area contributed by atoms with E-state index in [0.29, 0.717) is 19.3 Å². The maximum Gasteiger partial charge on any atom is 0.306 e. The van der Waals surface area contributed by atoms with E-state index in [4.69, 9.17) is 14.2 Å². The van der Waals surface area contributed by atoms with Crippen LogP contribution < -0.4 is 0 Å². The summed E-state index contributed by atoms with van der Waals surface area (Å²) in [6, 6.07) is 0.